The SMILES string of the molecule is O=C1S/C(=C\c2cc(Br)c(OCc3ccc([N+](=O)[O-])cc3)c(Br)c2)C(=O)N1CCc1ccccc1. The van der Waals surface area contributed by atoms with E-state index in [0.717, 1.165) is 28.5 Å². The Morgan fingerprint density at radius 1 is 0.971 bits per heavy atom. The molecule has 1 fully saturated rings. The number of ether oxygens (including phenoxy) is 1. The number of nitro groups is 1. The summed E-state index contributed by atoms with van der Waals surface area (Å²) in [5, 5.41) is 10.5. The van der Waals surface area contributed by atoms with Crippen LogP contribution < -0.4 is 4.74 Å². The average Bonchev–Trinajstić information content (AvgIpc) is 3.10. The molecule has 4 rings (SSSR count). The fraction of sp³-hybridized carbons (Fsp3) is 0.120. The van der Waals surface area contributed by atoms with Gasteiger partial charge >= 0.3 is 0 Å². The van der Waals surface area contributed by atoms with Crippen LogP contribution in [0, 0.1) is 10.1 Å². The van der Waals surface area contributed by atoms with Crippen LogP contribution in [-0.2, 0) is 17.8 Å². The first kappa shape index (κ1) is 25.2. The van der Waals surface area contributed by atoms with E-state index in [9.17, 15) is 19.7 Å². The summed E-state index contributed by atoms with van der Waals surface area (Å²) in [4.78, 5) is 37.2. The number of hydrogen-bond acceptors (Lipinski definition) is 6. The molecule has 0 aliphatic carbocycles. The number of thioether (sulfide) groups is 1. The Balaban J connectivity index is 1.43. The summed E-state index contributed by atoms with van der Waals surface area (Å²) in [7, 11) is 0. The molecule has 2 amide bonds. The van der Waals surface area contributed by atoms with Gasteiger partial charge in [-0.3, -0.25) is 24.6 Å². The third-order valence-electron chi connectivity index (χ3n) is 5.19. The van der Waals surface area contributed by atoms with Crippen LogP contribution in [0.25, 0.3) is 6.08 Å². The molecule has 0 atom stereocenters. The molecule has 10 heteroatoms. The molecule has 3 aromatic rings. The second-order valence-corrected chi connectivity index (χ2v) is 10.3. The Labute approximate surface area is 222 Å². The minimum Gasteiger partial charge on any atom is -0.487 e. The quantitative estimate of drug-likeness (QED) is 0.154. The highest BCUT2D eigenvalue weighted by molar-refractivity contribution is 9.11. The molecule has 0 bridgehead atoms. The Bertz CT molecular complexity index is 1290. The first-order valence-electron chi connectivity index (χ1n) is 10.5. The van der Waals surface area contributed by atoms with Crippen molar-refractivity contribution in [1.82, 2.24) is 4.90 Å². The van der Waals surface area contributed by atoms with Crippen molar-refractivity contribution < 1.29 is 19.2 Å². The number of imide groups is 1. The van der Waals surface area contributed by atoms with Crippen LogP contribution in [0.15, 0.2) is 80.6 Å². The van der Waals surface area contributed by atoms with Gasteiger partial charge in [0.15, 0.2) is 0 Å². The summed E-state index contributed by atoms with van der Waals surface area (Å²) >= 11 is 7.92. The molecule has 0 aromatic heterocycles. The molecule has 0 saturated carbocycles. The molecule has 1 saturated heterocycles. The second-order valence-electron chi connectivity index (χ2n) is 7.59. The number of hydrogen-bond donors (Lipinski definition) is 0. The zero-order chi connectivity index (χ0) is 24.9. The lowest BCUT2D eigenvalue weighted by Gasteiger charge is -2.12. The molecule has 1 heterocycles. The van der Waals surface area contributed by atoms with Crippen molar-refractivity contribution in [2.24, 2.45) is 0 Å². The molecule has 35 heavy (non-hydrogen) atoms. The van der Waals surface area contributed by atoms with Crippen molar-refractivity contribution in [3.8, 4) is 5.75 Å². The monoisotopic (exact) mass is 616 g/mol. The minimum atomic E-state index is -0.450. The van der Waals surface area contributed by atoms with Crippen molar-refractivity contribution in [2.45, 2.75) is 13.0 Å². The van der Waals surface area contributed by atoms with Gasteiger partial charge < -0.3 is 4.74 Å². The van der Waals surface area contributed by atoms with Gasteiger partial charge in [-0.1, -0.05) is 30.3 Å². The molecule has 3 aromatic carbocycles. The highest BCUT2D eigenvalue weighted by atomic mass is 79.9. The fourth-order valence-corrected chi connectivity index (χ4v) is 5.72. The number of carbonyl (C=O) groups is 2. The highest BCUT2D eigenvalue weighted by Gasteiger charge is 2.34. The van der Waals surface area contributed by atoms with Crippen molar-refractivity contribution in [2.75, 3.05) is 6.54 Å². The molecular weight excluding hydrogens is 600 g/mol. The molecule has 0 spiro atoms. The lowest BCUT2D eigenvalue weighted by Crippen LogP contribution is -2.30. The van der Waals surface area contributed by atoms with E-state index in [1.165, 1.54) is 17.0 Å². The van der Waals surface area contributed by atoms with Gasteiger partial charge in [0.25, 0.3) is 16.8 Å². The van der Waals surface area contributed by atoms with Crippen molar-refractivity contribution in [3.63, 3.8) is 0 Å². The van der Waals surface area contributed by atoms with E-state index in [-0.39, 0.29) is 23.4 Å². The number of carbonyl (C=O) groups excluding carboxylic acids is 2. The minimum absolute atomic E-state index is 0.0185. The van der Waals surface area contributed by atoms with Crippen LogP contribution in [0.2, 0.25) is 0 Å². The van der Waals surface area contributed by atoms with Gasteiger partial charge in [0.2, 0.25) is 0 Å². The summed E-state index contributed by atoms with van der Waals surface area (Å²) in [6, 6.07) is 19.5. The van der Waals surface area contributed by atoms with Crippen LogP contribution >= 0.6 is 43.6 Å². The maximum absolute atomic E-state index is 12.8. The topological polar surface area (TPSA) is 89.7 Å². The van der Waals surface area contributed by atoms with Gasteiger partial charge in [0.1, 0.15) is 12.4 Å². The van der Waals surface area contributed by atoms with Crippen molar-refractivity contribution in [1.29, 1.82) is 0 Å². The molecule has 0 unspecified atom stereocenters. The molecule has 0 radical (unpaired) electrons. The van der Waals surface area contributed by atoms with E-state index in [1.54, 1.807) is 30.3 Å². The van der Waals surface area contributed by atoms with E-state index >= 15 is 0 Å². The Hall–Kier alpha value is -2.95. The van der Waals surface area contributed by atoms with Crippen LogP contribution in [0.5, 0.6) is 5.75 Å². The molecule has 1 aliphatic rings. The van der Waals surface area contributed by atoms with Crippen LogP contribution in [-0.4, -0.2) is 27.5 Å². The van der Waals surface area contributed by atoms with Gasteiger partial charge in [-0.05, 0) is 97.1 Å². The number of rotatable bonds is 8. The van der Waals surface area contributed by atoms with Crippen molar-refractivity contribution >= 4 is 66.5 Å². The lowest BCUT2D eigenvalue weighted by molar-refractivity contribution is -0.384. The van der Waals surface area contributed by atoms with Crippen LogP contribution in [0.1, 0.15) is 16.7 Å². The van der Waals surface area contributed by atoms with Gasteiger partial charge in [-0.15, -0.1) is 0 Å². The number of nitro benzene ring substituents is 1. The Kier molecular flexibility index (Phi) is 8.04. The zero-order valence-corrected chi connectivity index (χ0v) is 22.1. The number of halogens is 2. The lowest BCUT2D eigenvalue weighted by atomic mass is 10.1. The van der Waals surface area contributed by atoms with Gasteiger partial charge in [0, 0.05) is 18.7 Å². The zero-order valence-electron chi connectivity index (χ0n) is 18.1. The summed E-state index contributed by atoms with van der Waals surface area (Å²) in [5.74, 6) is 0.248. The van der Waals surface area contributed by atoms with Gasteiger partial charge in [-0.2, -0.15) is 0 Å². The van der Waals surface area contributed by atoms with Crippen LogP contribution in [0.4, 0.5) is 10.5 Å². The molecule has 0 N–H and O–H groups in total. The Morgan fingerprint density at radius 3 is 2.26 bits per heavy atom. The standard InChI is InChI=1S/C25H18Br2N2O5S/c26-20-12-18(13-21(27)23(20)34-15-17-6-8-19(9-7-17)29(32)33)14-22-24(30)28(25(31)35-22)11-10-16-4-2-1-3-5-16/h1-9,12-14H,10-11,15H2/b22-14-. The predicted octanol–water partition coefficient (Wildman–Crippen LogP) is 6.98. The summed E-state index contributed by atoms with van der Waals surface area (Å²) in [5.41, 5.74) is 2.58. The van der Waals surface area contributed by atoms with E-state index < -0.39 is 4.92 Å². The van der Waals surface area contributed by atoms with Crippen LogP contribution in [0.3, 0.4) is 0 Å². The van der Waals surface area contributed by atoms with E-state index in [4.69, 9.17) is 4.74 Å². The Morgan fingerprint density at radius 2 is 1.63 bits per heavy atom. The maximum Gasteiger partial charge on any atom is 0.293 e. The number of non-ortho nitro benzene ring substituents is 1. The highest BCUT2D eigenvalue weighted by Crippen LogP contribution is 2.38. The average molecular weight is 618 g/mol. The summed E-state index contributed by atoms with van der Waals surface area (Å²) in [6.07, 6.45) is 2.28. The first-order valence-corrected chi connectivity index (χ1v) is 12.9. The van der Waals surface area contributed by atoms with E-state index in [0.29, 0.717) is 32.6 Å². The molecule has 7 nitrogen and oxygen atoms in total. The summed E-state index contributed by atoms with van der Waals surface area (Å²) < 4.78 is 7.20. The fourth-order valence-electron chi connectivity index (χ4n) is 3.40. The molecule has 178 valence electrons. The molecule has 1 aliphatic heterocycles. The maximum atomic E-state index is 12.8. The largest absolute Gasteiger partial charge is 0.487 e. The number of benzene rings is 3. The predicted molar refractivity (Wildman–Crippen MR) is 142 cm³/mol. The van der Waals surface area contributed by atoms with Crippen molar-refractivity contribution in [3.05, 3.63) is 107 Å². The van der Waals surface area contributed by atoms with Gasteiger partial charge in [-0.25, -0.2) is 0 Å². The smallest absolute Gasteiger partial charge is 0.293 e. The summed E-state index contributed by atoms with van der Waals surface area (Å²) in [6.45, 7) is 0.545. The first-order chi connectivity index (χ1) is 16.8. The normalized spacial score (nSPS) is 14.6. The second kappa shape index (κ2) is 11.2. The van der Waals surface area contributed by atoms with E-state index in [2.05, 4.69) is 31.9 Å². The third-order valence-corrected chi connectivity index (χ3v) is 7.27. The number of amides is 2. The molecular formula is C25H18Br2N2O5S. The van der Waals surface area contributed by atoms with E-state index in [1.807, 2.05) is 30.3 Å². The third kappa shape index (κ3) is 6.19. The number of nitrogens with zero attached hydrogens (tertiary/aromatic N) is 2. The van der Waals surface area contributed by atoms with Gasteiger partial charge in [0.05, 0.1) is 18.8 Å².